The van der Waals surface area contributed by atoms with E-state index in [0.29, 0.717) is 44.2 Å². The SMILES string of the molecule is Cc1nc(NCC2(NC(=O)OC(C)(C)C)CCOCC2)nnc1Cl. The van der Waals surface area contributed by atoms with Crippen molar-refractivity contribution in [3.05, 3.63) is 10.8 Å². The van der Waals surface area contributed by atoms with E-state index >= 15 is 0 Å². The Morgan fingerprint density at radius 2 is 2.00 bits per heavy atom. The van der Waals surface area contributed by atoms with Gasteiger partial charge in [-0.25, -0.2) is 9.78 Å². The zero-order valence-electron chi connectivity index (χ0n) is 14.5. The normalized spacial score (nSPS) is 17.2. The first-order valence-electron chi connectivity index (χ1n) is 7.89. The third-order valence-corrected chi connectivity index (χ3v) is 3.95. The highest BCUT2D eigenvalue weighted by atomic mass is 35.5. The number of nitrogens with zero attached hydrogens (tertiary/aromatic N) is 3. The van der Waals surface area contributed by atoms with Crippen molar-refractivity contribution in [2.24, 2.45) is 0 Å². The largest absolute Gasteiger partial charge is 0.444 e. The summed E-state index contributed by atoms with van der Waals surface area (Å²) in [5.74, 6) is 0.369. The van der Waals surface area contributed by atoms with Crippen molar-refractivity contribution >= 4 is 23.6 Å². The molecule has 0 aromatic carbocycles. The van der Waals surface area contributed by atoms with E-state index in [1.165, 1.54) is 0 Å². The van der Waals surface area contributed by atoms with Gasteiger partial charge < -0.3 is 20.1 Å². The van der Waals surface area contributed by atoms with E-state index in [4.69, 9.17) is 21.1 Å². The molecule has 0 saturated carbocycles. The molecule has 1 fully saturated rings. The van der Waals surface area contributed by atoms with Gasteiger partial charge in [0.1, 0.15) is 5.60 Å². The molecule has 8 nitrogen and oxygen atoms in total. The molecule has 134 valence electrons. The molecule has 1 aliphatic heterocycles. The number of aromatic nitrogens is 3. The molecule has 9 heteroatoms. The minimum Gasteiger partial charge on any atom is -0.444 e. The van der Waals surface area contributed by atoms with E-state index in [1.54, 1.807) is 6.92 Å². The number of alkyl carbamates (subject to hydrolysis) is 1. The lowest BCUT2D eigenvalue weighted by Gasteiger charge is -2.38. The Kier molecular flexibility index (Phi) is 5.82. The summed E-state index contributed by atoms with van der Waals surface area (Å²) in [6, 6.07) is 0. The number of hydrogen-bond acceptors (Lipinski definition) is 7. The standard InChI is InChI=1S/C15H24ClN5O3/c1-10-11(16)20-21-12(18-10)17-9-15(5-7-23-8-6-15)19-13(22)24-14(2,3)4/h5-9H2,1-4H3,(H,19,22)(H,17,18,21). The Morgan fingerprint density at radius 3 is 2.58 bits per heavy atom. The van der Waals surface area contributed by atoms with E-state index in [9.17, 15) is 4.79 Å². The second-order valence-electron chi connectivity index (χ2n) is 6.88. The third kappa shape index (κ3) is 5.45. The Labute approximate surface area is 146 Å². The Balaban J connectivity index is 2.04. The predicted octanol–water partition coefficient (Wildman–Crippen LogP) is 2.32. The van der Waals surface area contributed by atoms with Crippen molar-refractivity contribution in [1.29, 1.82) is 0 Å². The van der Waals surface area contributed by atoms with Crippen LogP contribution in [0.15, 0.2) is 0 Å². The lowest BCUT2D eigenvalue weighted by atomic mass is 9.90. The summed E-state index contributed by atoms with van der Waals surface area (Å²) in [7, 11) is 0. The van der Waals surface area contributed by atoms with Crippen LogP contribution in [0.4, 0.5) is 10.7 Å². The minimum atomic E-state index is -0.551. The topological polar surface area (TPSA) is 98.3 Å². The fourth-order valence-corrected chi connectivity index (χ4v) is 2.42. The number of anilines is 1. The molecule has 24 heavy (non-hydrogen) atoms. The van der Waals surface area contributed by atoms with Gasteiger partial charge >= 0.3 is 6.09 Å². The average Bonchev–Trinajstić information content (AvgIpc) is 2.47. The van der Waals surface area contributed by atoms with E-state index in [-0.39, 0.29) is 5.15 Å². The summed E-state index contributed by atoms with van der Waals surface area (Å²) in [6.45, 7) is 8.82. The lowest BCUT2D eigenvalue weighted by Crippen LogP contribution is -2.57. The highest BCUT2D eigenvalue weighted by Gasteiger charge is 2.35. The van der Waals surface area contributed by atoms with Gasteiger partial charge in [0.15, 0.2) is 5.15 Å². The Morgan fingerprint density at radius 1 is 1.33 bits per heavy atom. The lowest BCUT2D eigenvalue weighted by molar-refractivity contribution is 0.0203. The number of aryl methyl sites for hydroxylation is 1. The molecule has 0 atom stereocenters. The highest BCUT2D eigenvalue weighted by Crippen LogP contribution is 2.22. The van der Waals surface area contributed by atoms with Crippen LogP contribution in [0, 0.1) is 6.92 Å². The molecule has 1 aliphatic rings. The van der Waals surface area contributed by atoms with Crippen molar-refractivity contribution in [3.8, 4) is 0 Å². The number of nitrogens with one attached hydrogen (secondary N) is 2. The zero-order chi connectivity index (χ0) is 17.8. The summed E-state index contributed by atoms with van der Waals surface area (Å²) in [5, 5.41) is 14.1. The number of amides is 1. The molecule has 1 saturated heterocycles. The molecule has 0 radical (unpaired) electrons. The predicted molar refractivity (Wildman–Crippen MR) is 90.2 cm³/mol. The fourth-order valence-electron chi connectivity index (χ4n) is 2.34. The molecule has 1 amide bonds. The van der Waals surface area contributed by atoms with Crippen LogP contribution in [0.5, 0.6) is 0 Å². The molecule has 2 N–H and O–H groups in total. The number of ether oxygens (including phenoxy) is 2. The van der Waals surface area contributed by atoms with Crippen molar-refractivity contribution < 1.29 is 14.3 Å². The summed E-state index contributed by atoms with van der Waals surface area (Å²) >= 11 is 5.83. The summed E-state index contributed by atoms with van der Waals surface area (Å²) in [6.07, 6.45) is 0.885. The minimum absolute atomic E-state index is 0.271. The summed E-state index contributed by atoms with van der Waals surface area (Å²) in [5.41, 5.74) is -0.447. The first kappa shape index (κ1) is 18.7. The monoisotopic (exact) mass is 357 g/mol. The van der Waals surface area contributed by atoms with Gasteiger partial charge in [-0.2, -0.15) is 0 Å². The summed E-state index contributed by atoms with van der Waals surface area (Å²) in [4.78, 5) is 16.4. The number of hydrogen-bond donors (Lipinski definition) is 2. The number of halogens is 1. The van der Waals surface area contributed by atoms with Gasteiger partial charge in [-0.3, -0.25) is 0 Å². The van der Waals surface area contributed by atoms with E-state index in [1.807, 2.05) is 20.8 Å². The van der Waals surface area contributed by atoms with Crippen LogP contribution in [-0.4, -0.2) is 52.2 Å². The van der Waals surface area contributed by atoms with Gasteiger partial charge in [-0.1, -0.05) is 11.6 Å². The Bertz CT molecular complexity index is 585. The van der Waals surface area contributed by atoms with E-state index < -0.39 is 17.2 Å². The van der Waals surface area contributed by atoms with Crippen molar-refractivity contribution in [2.75, 3.05) is 25.1 Å². The Hall–Kier alpha value is -1.67. The van der Waals surface area contributed by atoms with Gasteiger partial charge in [-0.15, -0.1) is 10.2 Å². The number of rotatable bonds is 4. The quantitative estimate of drug-likeness (QED) is 0.853. The molecular weight excluding hydrogens is 334 g/mol. The van der Waals surface area contributed by atoms with Gasteiger partial charge in [0, 0.05) is 19.8 Å². The molecule has 0 aliphatic carbocycles. The van der Waals surface area contributed by atoms with Crippen LogP contribution in [-0.2, 0) is 9.47 Å². The molecule has 1 aromatic rings. The second-order valence-corrected chi connectivity index (χ2v) is 7.24. The van der Waals surface area contributed by atoms with Crippen molar-refractivity contribution in [1.82, 2.24) is 20.5 Å². The van der Waals surface area contributed by atoms with Crippen LogP contribution >= 0.6 is 11.6 Å². The highest BCUT2D eigenvalue weighted by molar-refractivity contribution is 6.29. The van der Waals surface area contributed by atoms with Gasteiger partial charge in [0.2, 0.25) is 5.95 Å². The molecule has 0 spiro atoms. The fraction of sp³-hybridized carbons (Fsp3) is 0.733. The van der Waals surface area contributed by atoms with E-state index in [2.05, 4.69) is 25.8 Å². The first-order chi connectivity index (χ1) is 11.2. The zero-order valence-corrected chi connectivity index (χ0v) is 15.2. The van der Waals surface area contributed by atoms with Crippen molar-refractivity contribution in [2.45, 2.75) is 51.7 Å². The molecule has 1 aromatic heterocycles. The molecule has 2 rings (SSSR count). The second kappa shape index (κ2) is 7.48. The van der Waals surface area contributed by atoms with Crippen LogP contribution in [0.3, 0.4) is 0 Å². The van der Waals surface area contributed by atoms with Crippen LogP contribution < -0.4 is 10.6 Å². The smallest absolute Gasteiger partial charge is 0.408 e. The maximum absolute atomic E-state index is 12.2. The summed E-state index contributed by atoms with van der Waals surface area (Å²) < 4.78 is 10.8. The van der Waals surface area contributed by atoms with Gasteiger partial charge in [0.25, 0.3) is 0 Å². The molecular formula is C15H24ClN5O3. The van der Waals surface area contributed by atoms with Gasteiger partial charge in [0.05, 0.1) is 11.2 Å². The number of carbonyl (C=O) groups is 1. The number of carbonyl (C=O) groups excluding carboxylic acids is 1. The third-order valence-electron chi connectivity index (χ3n) is 3.61. The maximum Gasteiger partial charge on any atom is 0.408 e. The van der Waals surface area contributed by atoms with Crippen LogP contribution in [0.25, 0.3) is 0 Å². The van der Waals surface area contributed by atoms with Gasteiger partial charge in [-0.05, 0) is 40.5 Å². The van der Waals surface area contributed by atoms with Crippen LogP contribution in [0.1, 0.15) is 39.3 Å². The van der Waals surface area contributed by atoms with Crippen molar-refractivity contribution in [3.63, 3.8) is 0 Å². The van der Waals surface area contributed by atoms with E-state index in [0.717, 1.165) is 0 Å². The molecule has 0 unspecified atom stereocenters. The molecule has 2 heterocycles. The molecule has 0 bridgehead atoms. The average molecular weight is 358 g/mol. The first-order valence-corrected chi connectivity index (χ1v) is 8.27. The maximum atomic E-state index is 12.2. The van der Waals surface area contributed by atoms with Crippen LogP contribution in [0.2, 0.25) is 5.15 Å².